The molecule has 0 aliphatic carbocycles. The highest BCUT2D eigenvalue weighted by Gasteiger charge is 2.04. The van der Waals surface area contributed by atoms with Crippen LogP contribution in [0.5, 0.6) is 0 Å². The van der Waals surface area contributed by atoms with Crippen molar-refractivity contribution in [3.05, 3.63) is 57.6 Å². The molecular formula is C15H14N2O3S. The number of aryl methyl sites for hydroxylation is 1. The third kappa shape index (κ3) is 4.25. The predicted molar refractivity (Wildman–Crippen MR) is 81.1 cm³/mol. The van der Waals surface area contributed by atoms with Gasteiger partial charge in [0.15, 0.2) is 0 Å². The van der Waals surface area contributed by atoms with Crippen molar-refractivity contribution in [2.75, 3.05) is 0 Å². The number of carbonyl (C=O) groups is 2. The Kier molecular flexibility index (Phi) is 4.84. The topological polar surface area (TPSA) is 79.3 Å². The predicted octanol–water partition coefficient (Wildman–Crippen LogP) is 2.48. The van der Waals surface area contributed by atoms with Crippen molar-refractivity contribution >= 4 is 29.3 Å². The average Bonchev–Trinajstić information content (AvgIpc) is 2.88. The first-order chi connectivity index (χ1) is 10.1. The standard InChI is InChI=1S/C15H14N2O3S/c1-10-6-7-21-13(10)4-5-14(18)17-9-11-2-3-12(15(19)20)16-8-11/h2-8H,9H2,1H3,(H,17,18)(H,19,20)/b5-4+. The van der Waals surface area contributed by atoms with E-state index in [2.05, 4.69) is 10.3 Å². The molecule has 2 aromatic heterocycles. The van der Waals surface area contributed by atoms with Crippen LogP contribution in [-0.4, -0.2) is 22.0 Å². The van der Waals surface area contributed by atoms with Gasteiger partial charge in [-0.15, -0.1) is 11.3 Å². The molecule has 2 rings (SSSR count). The molecule has 2 aromatic rings. The maximum Gasteiger partial charge on any atom is 0.354 e. The number of pyridine rings is 1. The maximum absolute atomic E-state index is 11.7. The molecule has 0 aliphatic heterocycles. The minimum atomic E-state index is -1.07. The minimum Gasteiger partial charge on any atom is -0.477 e. The summed E-state index contributed by atoms with van der Waals surface area (Å²) in [5, 5.41) is 13.4. The molecule has 0 bridgehead atoms. The molecule has 21 heavy (non-hydrogen) atoms. The molecule has 0 fully saturated rings. The fraction of sp³-hybridized carbons (Fsp3) is 0.133. The number of hydrogen-bond donors (Lipinski definition) is 2. The van der Waals surface area contributed by atoms with Gasteiger partial charge in [0.25, 0.3) is 0 Å². The quantitative estimate of drug-likeness (QED) is 0.832. The van der Waals surface area contributed by atoms with Gasteiger partial charge in [0.05, 0.1) is 0 Å². The second-order valence-corrected chi connectivity index (χ2v) is 5.32. The number of nitrogens with zero attached hydrogens (tertiary/aromatic N) is 1. The summed E-state index contributed by atoms with van der Waals surface area (Å²) in [6.07, 6.45) is 4.70. The van der Waals surface area contributed by atoms with Crippen LogP contribution in [0.3, 0.4) is 0 Å². The van der Waals surface area contributed by atoms with Crippen LogP contribution in [0, 0.1) is 6.92 Å². The van der Waals surface area contributed by atoms with E-state index >= 15 is 0 Å². The van der Waals surface area contributed by atoms with Crippen LogP contribution in [0.15, 0.2) is 35.9 Å². The number of nitrogens with one attached hydrogen (secondary N) is 1. The van der Waals surface area contributed by atoms with Crippen LogP contribution in [0.1, 0.15) is 26.5 Å². The zero-order valence-corrected chi connectivity index (χ0v) is 12.2. The Morgan fingerprint density at radius 2 is 2.19 bits per heavy atom. The van der Waals surface area contributed by atoms with Crippen LogP contribution >= 0.6 is 11.3 Å². The first-order valence-electron chi connectivity index (χ1n) is 6.24. The molecule has 0 saturated carbocycles. The largest absolute Gasteiger partial charge is 0.477 e. The number of amides is 1. The second kappa shape index (κ2) is 6.81. The molecule has 6 heteroatoms. The normalized spacial score (nSPS) is 10.7. The molecule has 0 aromatic carbocycles. The Morgan fingerprint density at radius 1 is 1.38 bits per heavy atom. The van der Waals surface area contributed by atoms with Crippen LogP contribution < -0.4 is 5.32 Å². The van der Waals surface area contributed by atoms with Gasteiger partial charge >= 0.3 is 5.97 Å². The average molecular weight is 302 g/mol. The molecule has 0 saturated heterocycles. The summed E-state index contributed by atoms with van der Waals surface area (Å²) in [6.45, 7) is 2.29. The summed E-state index contributed by atoms with van der Waals surface area (Å²) in [5.41, 5.74) is 1.87. The van der Waals surface area contributed by atoms with Crippen molar-refractivity contribution in [2.24, 2.45) is 0 Å². The zero-order chi connectivity index (χ0) is 15.2. The lowest BCUT2D eigenvalue weighted by molar-refractivity contribution is -0.116. The summed E-state index contributed by atoms with van der Waals surface area (Å²) in [6, 6.07) is 5.04. The van der Waals surface area contributed by atoms with E-state index in [4.69, 9.17) is 5.11 Å². The van der Waals surface area contributed by atoms with Gasteiger partial charge in [-0.2, -0.15) is 0 Å². The molecule has 2 heterocycles. The molecule has 0 atom stereocenters. The van der Waals surface area contributed by atoms with Crippen LogP contribution in [0.25, 0.3) is 6.08 Å². The minimum absolute atomic E-state index is 0.0156. The molecule has 2 N–H and O–H groups in total. The molecule has 5 nitrogen and oxygen atoms in total. The van der Waals surface area contributed by atoms with Crippen LogP contribution in [0.4, 0.5) is 0 Å². The molecular weight excluding hydrogens is 288 g/mol. The Bertz CT molecular complexity index is 674. The van der Waals surface area contributed by atoms with Crippen molar-refractivity contribution in [3.63, 3.8) is 0 Å². The monoisotopic (exact) mass is 302 g/mol. The molecule has 0 unspecified atom stereocenters. The summed E-state index contributed by atoms with van der Waals surface area (Å²) in [4.78, 5) is 27.2. The highest BCUT2D eigenvalue weighted by molar-refractivity contribution is 7.11. The Labute approximate surface area is 126 Å². The maximum atomic E-state index is 11.7. The van der Waals surface area contributed by atoms with Crippen LogP contribution in [0.2, 0.25) is 0 Å². The number of thiophene rings is 1. The second-order valence-electron chi connectivity index (χ2n) is 4.38. The highest BCUT2D eigenvalue weighted by atomic mass is 32.1. The van der Waals surface area contributed by atoms with E-state index in [-0.39, 0.29) is 11.6 Å². The number of rotatable bonds is 5. The van der Waals surface area contributed by atoms with Gasteiger partial charge in [0.1, 0.15) is 5.69 Å². The van der Waals surface area contributed by atoms with E-state index in [9.17, 15) is 9.59 Å². The van der Waals surface area contributed by atoms with Gasteiger partial charge in [0.2, 0.25) is 5.91 Å². The number of carboxylic acid groups (broad SMARTS) is 1. The molecule has 0 radical (unpaired) electrons. The Hall–Kier alpha value is -2.47. The number of carboxylic acids is 1. The molecule has 0 aliphatic rings. The first-order valence-corrected chi connectivity index (χ1v) is 7.12. The van der Waals surface area contributed by atoms with Crippen molar-refractivity contribution in [3.8, 4) is 0 Å². The first kappa shape index (κ1) is 14.9. The fourth-order valence-electron chi connectivity index (χ4n) is 1.61. The van der Waals surface area contributed by atoms with Gasteiger partial charge in [-0.1, -0.05) is 6.07 Å². The highest BCUT2D eigenvalue weighted by Crippen LogP contribution is 2.16. The lowest BCUT2D eigenvalue weighted by Gasteiger charge is -2.02. The van der Waals surface area contributed by atoms with E-state index < -0.39 is 5.97 Å². The molecule has 108 valence electrons. The number of hydrogen-bond acceptors (Lipinski definition) is 4. The number of aromatic nitrogens is 1. The lowest BCUT2D eigenvalue weighted by Crippen LogP contribution is -2.20. The van der Waals surface area contributed by atoms with Crippen molar-refractivity contribution in [1.82, 2.24) is 10.3 Å². The van der Waals surface area contributed by atoms with E-state index in [0.29, 0.717) is 6.54 Å². The zero-order valence-electron chi connectivity index (χ0n) is 11.4. The van der Waals surface area contributed by atoms with Gasteiger partial charge < -0.3 is 10.4 Å². The third-order valence-electron chi connectivity index (χ3n) is 2.80. The Balaban J connectivity index is 1.88. The van der Waals surface area contributed by atoms with Crippen molar-refractivity contribution in [2.45, 2.75) is 13.5 Å². The summed E-state index contributed by atoms with van der Waals surface area (Å²) in [7, 11) is 0. The molecule has 0 spiro atoms. The van der Waals surface area contributed by atoms with Gasteiger partial charge in [-0.05, 0) is 41.6 Å². The summed E-state index contributed by atoms with van der Waals surface area (Å²) >= 11 is 1.58. The molecule has 1 amide bonds. The van der Waals surface area contributed by atoms with E-state index in [1.807, 2.05) is 18.4 Å². The van der Waals surface area contributed by atoms with Crippen LogP contribution in [-0.2, 0) is 11.3 Å². The number of aromatic carboxylic acids is 1. The smallest absolute Gasteiger partial charge is 0.354 e. The fourth-order valence-corrected chi connectivity index (χ4v) is 2.43. The van der Waals surface area contributed by atoms with E-state index in [1.54, 1.807) is 23.5 Å². The van der Waals surface area contributed by atoms with Crippen molar-refractivity contribution in [1.29, 1.82) is 0 Å². The van der Waals surface area contributed by atoms with Gasteiger partial charge in [0, 0.05) is 23.7 Å². The summed E-state index contributed by atoms with van der Waals surface area (Å²) < 4.78 is 0. The Morgan fingerprint density at radius 3 is 2.76 bits per heavy atom. The van der Waals surface area contributed by atoms with E-state index in [0.717, 1.165) is 16.0 Å². The SMILES string of the molecule is Cc1ccsc1/C=C/C(=O)NCc1ccc(C(=O)O)nc1. The number of carbonyl (C=O) groups excluding carboxylic acids is 1. The van der Waals surface area contributed by atoms with Gasteiger partial charge in [-0.25, -0.2) is 9.78 Å². The van der Waals surface area contributed by atoms with E-state index in [1.165, 1.54) is 18.3 Å². The third-order valence-corrected chi connectivity index (χ3v) is 3.78. The summed E-state index contributed by atoms with van der Waals surface area (Å²) in [5.74, 6) is -1.27. The lowest BCUT2D eigenvalue weighted by atomic mass is 10.2. The van der Waals surface area contributed by atoms with Crippen molar-refractivity contribution < 1.29 is 14.7 Å². The van der Waals surface area contributed by atoms with Gasteiger partial charge in [-0.3, -0.25) is 4.79 Å².